The Bertz CT molecular complexity index is 1910. The van der Waals surface area contributed by atoms with Crippen molar-refractivity contribution < 1.29 is 19.2 Å². The third-order valence-corrected chi connectivity index (χ3v) is 9.51. The average molecular weight is 661 g/mol. The predicted molar refractivity (Wildman–Crippen MR) is 188 cm³/mol. The molecule has 0 saturated carbocycles. The van der Waals surface area contributed by atoms with Crippen molar-refractivity contribution in [3.8, 4) is 0 Å². The van der Waals surface area contributed by atoms with Gasteiger partial charge in [-0.1, -0.05) is 115 Å². The molecule has 6 rings (SSSR count). The molecule has 0 aliphatic rings. The summed E-state index contributed by atoms with van der Waals surface area (Å²) in [6.07, 6.45) is 2.67. The highest BCUT2D eigenvalue weighted by molar-refractivity contribution is 8.14. The smallest absolute Gasteiger partial charge is 0.255 e. The first-order chi connectivity index (χ1) is 23.0. The van der Waals surface area contributed by atoms with Gasteiger partial charge in [-0.15, -0.1) is 0 Å². The van der Waals surface area contributed by atoms with Gasteiger partial charge in [-0.3, -0.25) is 28.3 Å². The Balaban J connectivity index is 1.02. The van der Waals surface area contributed by atoms with Gasteiger partial charge in [0.2, 0.25) is 11.8 Å². The number of benzene rings is 4. The van der Waals surface area contributed by atoms with E-state index in [1.165, 1.54) is 9.13 Å². The Kier molecular flexibility index (Phi) is 10.4. The van der Waals surface area contributed by atoms with Crippen LogP contribution in [0.4, 0.5) is 0 Å². The van der Waals surface area contributed by atoms with Crippen LogP contribution in [-0.2, 0) is 12.8 Å². The first kappa shape index (κ1) is 32.2. The van der Waals surface area contributed by atoms with Gasteiger partial charge < -0.3 is 0 Å². The molecule has 0 amide bonds. The van der Waals surface area contributed by atoms with Crippen molar-refractivity contribution in [2.24, 2.45) is 0 Å². The fourth-order valence-corrected chi connectivity index (χ4v) is 6.97. The van der Waals surface area contributed by atoms with Gasteiger partial charge in [0.15, 0.2) is 11.6 Å². The van der Waals surface area contributed by atoms with Crippen molar-refractivity contribution in [3.63, 3.8) is 0 Å². The van der Waals surface area contributed by atoms with Crippen molar-refractivity contribution in [1.29, 1.82) is 0 Å². The summed E-state index contributed by atoms with van der Waals surface area (Å²) < 4.78 is 2.88. The first-order valence-electron chi connectivity index (χ1n) is 15.4. The van der Waals surface area contributed by atoms with E-state index in [4.69, 9.17) is 0 Å². The fraction of sp³-hybridized carbons (Fsp3) is 0.189. The molecule has 10 heteroatoms. The van der Waals surface area contributed by atoms with E-state index >= 15 is 0 Å². The van der Waals surface area contributed by atoms with Crippen molar-refractivity contribution in [2.45, 2.75) is 32.1 Å². The van der Waals surface area contributed by atoms with Crippen LogP contribution in [0.15, 0.2) is 109 Å². The summed E-state index contributed by atoms with van der Waals surface area (Å²) in [6.45, 7) is 0. The van der Waals surface area contributed by atoms with E-state index in [0.29, 0.717) is 33.6 Å². The van der Waals surface area contributed by atoms with E-state index in [-0.39, 0.29) is 46.5 Å². The standard InChI is InChI=1S/C37H32N4O4S2/c42-32(24-26-14-4-1-5-15-26)40-30-20-10-8-18-28(30)38-34(40)36(44)46-22-12-3-13-23-47-37(45)35-39-29-19-9-11-21-31(29)41(35)33(43)25-27-16-6-2-7-17-27/h1-2,4-11,14-21H,3,12-13,22-25H2. The lowest BCUT2D eigenvalue weighted by atomic mass is 10.1. The molecule has 0 N–H and O–H groups in total. The molecule has 2 heterocycles. The van der Waals surface area contributed by atoms with Gasteiger partial charge >= 0.3 is 0 Å². The van der Waals surface area contributed by atoms with E-state index in [0.717, 1.165) is 53.9 Å². The Hall–Kier alpha value is -4.80. The summed E-state index contributed by atoms with van der Waals surface area (Å²) in [5.74, 6) is 1.01. The number of carbonyl (C=O) groups is 4. The number of carbonyl (C=O) groups excluding carboxylic acids is 4. The van der Waals surface area contributed by atoms with E-state index in [9.17, 15) is 19.2 Å². The molecule has 0 aliphatic carbocycles. The number of thioether (sulfide) groups is 2. The van der Waals surface area contributed by atoms with Crippen molar-refractivity contribution in [1.82, 2.24) is 19.1 Å². The van der Waals surface area contributed by atoms with Gasteiger partial charge in [0, 0.05) is 11.5 Å². The zero-order chi connectivity index (χ0) is 32.6. The maximum atomic E-state index is 13.3. The molecule has 0 fully saturated rings. The lowest BCUT2D eigenvalue weighted by Gasteiger charge is -2.08. The topological polar surface area (TPSA) is 104 Å². The molecule has 4 aromatic carbocycles. The summed E-state index contributed by atoms with van der Waals surface area (Å²) >= 11 is 2.31. The van der Waals surface area contributed by atoms with Crippen LogP contribution in [0.2, 0.25) is 0 Å². The van der Waals surface area contributed by atoms with Gasteiger partial charge in [0.05, 0.1) is 34.9 Å². The normalized spacial score (nSPS) is 11.2. The second-order valence-electron chi connectivity index (χ2n) is 11.0. The van der Waals surface area contributed by atoms with Crippen molar-refractivity contribution in [2.75, 3.05) is 11.5 Å². The predicted octanol–water partition coefficient (Wildman–Crippen LogP) is 7.77. The molecular weight excluding hydrogens is 629 g/mol. The lowest BCUT2D eigenvalue weighted by molar-refractivity contribution is 0.0899. The van der Waals surface area contributed by atoms with Crippen LogP contribution < -0.4 is 0 Å². The van der Waals surface area contributed by atoms with Crippen LogP contribution in [0, 0.1) is 0 Å². The molecule has 2 aromatic heterocycles. The maximum absolute atomic E-state index is 13.3. The molecule has 47 heavy (non-hydrogen) atoms. The molecule has 0 radical (unpaired) electrons. The van der Waals surface area contributed by atoms with Gasteiger partial charge in [-0.2, -0.15) is 0 Å². The second-order valence-corrected chi connectivity index (χ2v) is 13.1. The zero-order valence-electron chi connectivity index (χ0n) is 25.6. The third-order valence-electron chi connectivity index (χ3n) is 7.64. The SMILES string of the molecule is O=C(SCCCCCSC(=O)c1nc2ccccc2n1C(=O)Cc1ccccc1)c1nc2ccccc2n1C(=O)Cc1ccccc1. The molecule has 0 aliphatic heterocycles. The highest BCUT2D eigenvalue weighted by Gasteiger charge is 2.24. The minimum Gasteiger partial charge on any atom is -0.278 e. The number of unbranched alkanes of at least 4 members (excludes halogenated alkanes) is 2. The molecule has 6 aromatic rings. The van der Waals surface area contributed by atoms with E-state index < -0.39 is 0 Å². The van der Waals surface area contributed by atoms with E-state index in [1.807, 2.05) is 84.9 Å². The summed E-state index contributed by atoms with van der Waals surface area (Å²) in [6, 6.07) is 33.4. The number of hydrogen-bond donors (Lipinski definition) is 0. The number of hydrogen-bond acceptors (Lipinski definition) is 8. The Morgan fingerprint density at radius 3 is 1.30 bits per heavy atom. The summed E-state index contributed by atoms with van der Waals surface area (Å²) in [5.41, 5.74) is 4.19. The Morgan fingerprint density at radius 2 is 0.872 bits per heavy atom. The summed E-state index contributed by atoms with van der Waals surface area (Å²) in [5, 5.41) is -0.488. The van der Waals surface area contributed by atoms with Gasteiger partial charge in [0.1, 0.15) is 0 Å². The maximum Gasteiger partial charge on any atom is 0.255 e. The third kappa shape index (κ3) is 7.61. The number of nitrogens with zero attached hydrogens (tertiary/aromatic N) is 4. The van der Waals surface area contributed by atoms with Crippen LogP contribution in [0.5, 0.6) is 0 Å². The monoisotopic (exact) mass is 660 g/mol. The quantitative estimate of drug-likeness (QED) is 0.123. The summed E-state index contributed by atoms with van der Waals surface area (Å²) in [7, 11) is 0. The number of aromatic nitrogens is 4. The van der Waals surface area contributed by atoms with Crippen molar-refractivity contribution in [3.05, 3.63) is 132 Å². The second kappa shape index (κ2) is 15.2. The van der Waals surface area contributed by atoms with Crippen LogP contribution >= 0.6 is 23.5 Å². The highest BCUT2D eigenvalue weighted by Crippen LogP contribution is 2.24. The van der Waals surface area contributed by atoms with Gasteiger partial charge in [0.25, 0.3) is 10.2 Å². The van der Waals surface area contributed by atoms with Crippen LogP contribution in [0.25, 0.3) is 22.1 Å². The van der Waals surface area contributed by atoms with E-state index in [1.54, 1.807) is 24.3 Å². The molecule has 0 spiro atoms. The van der Waals surface area contributed by atoms with Crippen LogP contribution in [-0.4, -0.2) is 52.7 Å². The van der Waals surface area contributed by atoms with Crippen molar-refractivity contribution >= 4 is 67.6 Å². The van der Waals surface area contributed by atoms with Gasteiger partial charge in [-0.05, 0) is 48.2 Å². The minimum absolute atomic E-state index is 0.142. The highest BCUT2D eigenvalue weighted by atomic mass is 32.2. The summed E-state index contributed by atoms with van der Waals surface area (Å²) in [4.78, 5) is 62.1. The first-order valence-corrected chi connectivity index (χ1v) is 17.4. The molecule has 0 atom stereocenters. The number of imidazole rings is 2. The average Bonchev–Trinajstić information content (AvgIpc) is 3.68. The molecular formula is C37H32N4O4S2. The fourth-order valence-electron chi connectivity index (χ4n) is 5.37. The zero-order valence-corrected chi connectivity index (χ0v) is 27.2. The number of para-hydroxylation sites is 4. The number of fused-ring (bicyclic) bond motifs is 2. The van der Waals surface area contributed by atoms with Crippen LogP contribution in [0.1, 0.15) is 61.2 Å². The Morgan fingerprint density at radius 1 is 0.489 bits per heavy atom. The molecule has 8 nitrogen and oxygen atoms in total. The molecule has 236 valence electrons. The largest absolute Gasteiger partial charge is 0.278 e. The minimum atomic E-state index is -0.244. The number of rotatable bonds is 12. The van der Waals surface area contributed by atoms with Gasteiger partial charge in [-0.25, -0.2) is 9.97 Å². The molecule has 0 saturated heterocycles. The van der Waals surface area contributed by atoms with Crippen LogP contribution in [0.3, 0.4) is 0 Å². The molecule has 0 bridgehead atoms. The molecule has 0 unspecified atom stereocenters. The lowest BCUT2D eigenvalue weighted by Crippen LogP contribution is -2.19. The van der Waals surface area contributed by atoms with E-state index in [2.05, 4.69) is 9.97 Å². The Labute approximate surface area is 280 Å².